The Bertz CT molecular complexity index is 904. The van der Waals surface area contributed by atoms with Gasteiger partial charge in [0.25, 0.3) is 0 Å². The van der Waals surface area contributed by atoms with Gasteiger partial charge in [-0.1, -0.05) is 68.1 Å². The van der Waals surface area contributed by atoms with Crippen molar-refractivity contribution in [1.82, 2.24) is 4.98 Å². The number of pyridine rings is 1. The number of fused-ring (bicyclic) bond motifs is 3. The average molecular weight is 329 g/mol. The third-order valence-corrected chi connectivity index (χ3v) is 7.07. The zero-order chi connectivity index (χ0) is 16.7. The normalized spacial score (nSPS) is 22.8. The highest BCUT2D eigenvalue weighted by atomic mass is 14.7. The monoisotopic (exact) mass is 329 g/mol. The van der Waals surface area contributed by atoms with E-state index < -0.39 is 0 Å². The minimum absolute atomic E-state index is 0.632. The Morgan fingerprint density at radius 1 is 0.760 bits per heavy atom. The summed E-state index contributed by atoms with van der Waals surface area (Å²) in [5, 5.41) is 4.04. The lowest BCUT2D eigenvalue weighted by Gasteiger charge is -2.42. The van der Waals surface area contributed by atoms with Gasteiger partial charge < -0.3 is 0 Å². The van der Waals surface area contributed by atoms with Crippen LogP contribution in [-0.2, 0) is 6.42 Å². The van der Waals surface area contributed by atoms with Gasteiger partial charge in [0, 0.05) is 16.5 Å². The maximum Gasteiger partial charge on any atom is 0.0711 e. The van der Waals surface area contributed by atoms with E-state index in [0.29, 0.717) is 5.41 Å². The molecule has 2 aliphatic rings. The summed E-state index contributed by atoms with van der Waals surface area (Å²) in [6.45, 7) is 0. The molecule has 2 aliphatic carbocycles. The Kier molecular flexibility index (Phi) is 3.77. The van der Waals surface area contributed by atoms with Crippen LogP contribution >= 0.6 is 0 Å². The average Bonchev–Trinajstić information content (AvgIpc) is 3.13. The van der Waals surface area contributed by atoms with Crippen LogP contribution in [0.25, 0.3) is 21.7 Å². The zero-order valence-corrected chi connectivity index (χ0v) is 15.0. The van der Waals surface area contributed by atoms with Crippen LogP contribution in [0.2, 0.25) is 0 Å². The van der Waals surface area contributed by atoms with E-state index in [1.807, 2.05) is 0 Å². The van der Waals surface area contributed by atoms with Crippen molar-refractivity contribution in [3.8, 4) is 0 Å². The lowest BCUT2D eigenvalue weighted by atomic mass is 9.63. The van der Waals surface area contributed by atoms with E-state index in [-0.39, 0.29) is 0 Å². The van der Waals surface area contributed by atoms with Crippen LogP contribution in [-0.4, -0.2) is 4.98 Å². The molecule has 5 rings (SSSR count). The standard InChI is InChI=1S/C24H27N/c1-2-12-21-19(10-1)20-11-3-4-13-22(20)25-23(21)17-18-9-5-6-14-24(18)15-7-8-16-24/h1-4,10-13,18H,5-9,14-17H2. The van der Waals surface area contributed by atoms with Crippen LogP contribution in [0.15, 0.2) is 48.5 Å². The molecule has 0 aliphatic heterocycles. The first-order valence-electron chi connectivity index (χ1n) is 10.1. The van der Waals surface area contributed by atoms with Crippen LogP contribution in [0.1, 0.15) is 57.1 Å². The molecule has 128 valence electrons. The Balaban J connectivity index is 1.62. The molecule has 1 heteroatoms. The molecule has 1 aromatic heterocycles. The van der Waals surface area contributed by atoms with E-state index in [1.165, 1.54) is 79.6 Å². The molecule has 1 unspecified atom stereocenters. The smallest absolute Gasteiger partial charge is 0.0711 e. The van der Waals surface area contributed by atoms with Gasteiger partial charge in [-0.05, 0) is 54.9 Å². The van der Waals surface area contributed by atoms with Crippen molar-refractivity contribution in [3.63, 3.8) is 0 Å². The fraction of sp³-hybridized carbons (Fsp3) is 0.458. The summed E-state index contributed by atoms with van der Waals surface area (Å²) in [5.41, 5.74) is 3.13. The van der Waals surface area contributed by atoms with Gasteiger partial charge in [-0.3, -0.25) is 4.98 Å². The highest BCUT2D eigenvalue weighted by molar-refractivity contribution is 6.06. The molecule has 0 saturated heterocycles. The van der Waals surface area contributed by atoms with Crippen molar-refractivity contribution in [2.75, 3.05) is 0 Å². The van der Waals surface area contributed by atoms with Crippen molar-refractivity contribution in [3.05, 3.63) is 54.2 Å². The topological polar surface area (TPSA) is 12.9 Å². The molecule has 1 heterocycles. The quantitative estimate of drug-likeness (QED) is 0.478. The number of rotatable bonds is 2. The summed E-state index contributed by atoms with van der Waals surface area (Å²) in [6, 6.07) is 17.5. The molecule has 1 atom stereocenters. The summed E-state index contributed by atoms with van der Waals surface area (Å²) in [6.07, 6.45) is 12.7. The highest BCUT2D eigenvalue weighted by Crippen LogP contribution is 2.53. The van der Waals surface area contributed by atoms with Crippen molar-refractivity contribution in [2.45, 2.75) is 57.8 Å². The summed E-state index contributed by atoms with van der Waals surface area (Å²) in [7, 11) is 0. The van der Waals surface area contributed by atoms with Gasteiger partial charge in [0.2, 0.25) is 0 Å². The van der Waals surface area contributed by atoms with E-state index in [0.717, 1.165) is 11.4 Å². The minimum atomic E-state index is 0.632. The number of hydrogen-bond donors (Lipinski definition) is 0. The summed E-state index contributed by atoms with van der Waals surface area (Å²) < 4.78 is 0. The minimum Gasteiger partial charge on any atom is -0.252 e. The van der Waals surface area contributed by atoms with Crippen molar-refractivity contribution < 1.29 is 0 Å². The van der Waals surface area contributed by atoms with Gasteiger partial charge in [0.15, 0.2) is 0 Å². The fourth-order valence-electron chi connectivity index (χ4n) is 5.80. The Labute approximate surface area is 150 Å². The first kappa shape index (κ1) is 15.4. The molecule has 0 N–H and O–H groups in total. The second-order valence-corrected chi connectivity index (χ2v) is 8.34. The third-order valence-electron chi connectivity index (χ3n) is 7.07. The number of para-hydroxylation sites is 1. The molecule has 2 saturated carbocycles. The maximum atomic E-state index is 5.15. The number of aromatic nitrogens is 1. The third kappa shape index (κ3) is 2.56. The lowest BCUT2D eigenvalue weighted by molar-refractivity contribution is 0.100. The van der Waals surface area contributed by atoms with E-state index in [4.69, 9.17) is 4.98 Å². The predicted octanol–water partition coefficient (Wildman–Crippen LogP) is 6.68. The van der Waals surface area contributed by atoms with Crippen LogP contribution < -0.4 is 0 Å². The highest BCUT2D eigenvalue weighted by Gasteiger charge is 2.42. The molecule has 1 spiro atoms. The zero-order valence-electron chi connectivity index (χ0n) is 15.0. The van der Waals surface area contributed by atoms with E-state index in [9.17, 15) is 0 Å². The summed E-state index contributed by atoms with van der Waals surface area (Å²) >= 11 is 0. The molecule has 1 nitrogen and oxygen atoms in total. The molecular formula is C24H27N. The molecule has 2 aromatic carbocycles. The number of hydrogen-bond acceptors (Lipinski definition) is 1. The van der Waals surface area contributed by atoms with Crippen molar-refractivity contribution in [1.29, 1.82) is 0 Å². The van der Waals surface area contributed by atoms with Gasteiger partial charge >= 0.3 is 0 Å². The second kappa shape index (κ2) is 6.12. The van der Waals surface area contributed by atoms with Crippen LogP contribution in [0.4, 0.5) is 0 Å². The van der Waals surface area contributed by atoms with Crippen molar-refractivity contribution >= 4 is 21.7 Å². The van der Waals surface area contributed by atoms with Gasteiger partial charge in [-0.2, -0.15) is 0 Å². The summed E-state index contributed by atoms with van der Waals surface area (Å²) in [5.74, 6) is 0.834. The van der Waals surface area contributed by atoms with Gasteiger partial charge in [-0.15, -0.1) is 0 Å². The number of nitrogens with zero attached hydrogens (tertiary/aromatic N) is 1. The first-order chi connectivity index (χ1) is 12.4. The predicted molar refractivity (Wildman–Crippen MR) is 106 cm³/mol. The van der Waals surface area contributed by atoms with Gasteiger partial charge in [0.1, 0.15) is 0 Å². The van der Waals surface area contributed by atoms with Crippen molar-refractivity contribution in [2.24, 2.45) is 11.3 Å². The van der Waals surface area contributed by atoms with E-state index in [2.05, 4.69) is 48.5 Å². The second-order valence-electron chi connectivity index (χ2n) is 8.34. The molecule has 3 aromatic rings. The fourth-order valence-corrected chi connectivity index (χ4v) is 5.80. The maximum absolute atomic E-state index is 5.15. The molecule has 2 fully saturated rings. The van der Waals surface area contributed by atoms with Crippen LogP contribution in [0.3, 0.4) is 0 Å². The Morgan fingerprint density at radius 3 is 2.20 bits per heavy atom. The van der Waals surface area contributed by atoms with Gasteiger partial charge in [0.05, 0.1) is 5.52 Å². The van der Waals surface area contributed by atoms with E-state index >= 15 is 0 Å². The SMILES string of the molecule is c1ccc2c(c1)nc(CC1CCCCC13CCCC3)c1ccccc12. The van der Waals surface area contributed by atoms with Gasteiger partial charge in [-0.25, -0.2) is 0 Å². The van der Waals surface area contributed by atoms with E-state index in [1.54, 1.807) is 0 Å². The molecule has 0 amide bonds. The molecule has 25 heavy (non-hydrogen) atoms. The van der Waals surface area contributed by atoms with Crippen LogP contribution in [0, 0.1) is 11.3 Å². The molecule has 0 bridgehead atoms. The molecular weight excluding hydrogens is 302 g/mol. The lowest BCUT2D eigenvalue weighted by Crippen LogP contribution is -2.32. The number of benzene rings is 2. The van der Waals surface area contributed by atoms with Crippen LogP contribution in [0.5, 0.6) is 0 Å². The largest absolute Gasteiger partial charge is 0.252 e. The Morgan fingerprint density at radius 2 is 1.40 bits per heavy atom. The molecule has 0 radical (unpaired) electrons. The summed E-state index contributed by atoms with van der Waals surface area (Å²) in [4.78, 5) is 5.15. The Hall–Kier alpha value is -1.89. The first-order valence-corrected chi connectivity index (χ1v) is 10.1.